The Morgan fingerprint density at radius 1 is 1.19 bits per heavy atom. The summed E-state index contributed by atoms with van der Waals surface area (Å²) in [5.74, 6) is 1.23. The summed E-state index contributed by atoms with van der Waals surface area (Å²) in [7, 11) is 1.77. The van der Waals surface area contributed by atoms with E-state index in [0.717, 1.165) is 24.3 Å². The van der Waals surface area contributed by atoms with Crippen molar-refractivity contribution in [3.05, 3.63) is 24.0 Å². The topological polar surface area (TPSA) is 43.4 Å². The molecule has 21 heavy (non-hydrogen) atoms. The molecular formula is C17H30N2O2. The lowest BCUT2D eigenvalue weighted by Gasteiger charge is -2.30. The first-order valence-corrected chi connectivity index (χ1v) is 7.87. The molecule has 1 aromatic rings. The second kappa shape index (κ2) is 9.00. The summed E-state index contributed by atoms with van der Waals surface area (Å²) in [6.45, 7) is 11.5. The molecule has 0 aliphatic carbocycles. The zero-order valence-electron chi connectivity index (χ0n) is 14.2. The molecule has 0 radical (unpaired) electrons. The molecule has 0 bridgehead atoms. The number of pyridine rings is 1. The third kappa shape index (κ3) is 5.64. The van der Waals surface area contributed by atoms with Crippen LogP contribution < -0.4 is 10.1 Å². The highest BCUT2D eigenvalue weighted by Crippen LogP contribution is 2.26. The Bertz CT molecular complexity index is 408. The smallest absolute Gasteiger partial charge is 0.138 e. The van der Waals surface area contributed by atoms with Gasteiger partial charge in [-0.3, -0.25) is 4.98 Å². The average Bonchev–Trinajstić information content (AvgIpc) is 2.42. The Balaban J connectivity index is 3.01. The van der Waals surface area contributed by atoms with Crippen molar-refractivity contribution < 1.29 is 9.47 Å². The van der Waals surface area contributed by atoms with Crippen molar-refractivity contribution in [1.29, 1.82) is 0 Å². The fourth-order valence-corrected chi connectivity index (χ4v) is 2.46. The van der Waals surface area contributed by atoms with E-state index in [-0.39, 0.29) is 18.2 Å². The lowest BCUT2D eigenvalue weighted by Crippen LogP contribution is -2.37. The minimum absolute atomic E-state index is 0.104. The predicted molar refractivity (Wildman–Crippen MR) is 86.7 cm³/mol. The van der Waals surface area contributed by atoms with Gasteiger partial charge < -0.3 is 14.8 Å². The second-order valence-electron chi connectivity index (χ2n) is 6.00. The maximum atomic E-state index is 5.75. The highest BCUT2D eigenvalue weighted by Gasteiger charge is 2.26. The van der Waals surface area contributed by atoms with Crippen LogP contribution in [-0.2, 0) is 4.74 Å². The van der Waals surface area contributed by atoms with Gasteiger partial charge in [-0.1, -0.05) is 20.8 Å². The van der Waals surface area contributed by atoms with Crippen LogP contribution in [0.4, 0.5) is 0 Å². The highest BCUT2D eigenvalue weighted by atomic mass is 16.5. The van der Waals surface area contributed by atoms with Gasteiger partial charge in [0.05, 0.1) is 24.4 Å². The fraction of sp³-hybridized carbons (Fsp3) is 0.706. The zero-order valence-corrected chi connectivity index (χ0v) is 14.2. The maximum Gasteiger partial charge on any atom is 0.138 e. The van der Waals surface area contributed by atoms with Crippen LogP contribution in [0.3, 0.4) is 0 Å². The minimum Gasteiger partial charge on any atom is -0.489 e. The summed E-state index contributed by atoms with van der Waals surface area (Å²) in [4.78, 5) is 4.32. The van der Waals surface area contributed by atoms with E-state index < -0.39 is 0 Å². The Morgan fingerprint density at radius 2 is 1.90 bits per heavy atom. The molecule has 1 N–H and O–H groups in total. The van der Waals surface area contributed by atoms with Crippen LogP contribution in [0.2, 0.25) is 0 Å². The lowest BCUT2D eigenvalue weighted by atomic mass is 9.94. The number of hydrogen-bond donors (Lipinski definition) is 1. The number of nitrogens with one attached hydrogen (secondary N) is 1. The molecule has 2 atom stereocenters. The van der Waals surface area contributed by atoms with Crippen molar-refractivity contribution in [2.24, 2.45) is 5.92 Å². The van der Waals surface area contributed by atoms with E-state index in [1.165, 1.54) is 0 Å². The number of aromatic nitrogens is 1. The van der Waals surface area contributed by atoms with Crippen molar-refractivity contribution in [3.63, 3.8) is 0 Å². The molecule has 0 aliphatic rings. The average molecular weight is 294 g/mol. The van der Waals surface area contributed by atoms with Crippen molar-refractivity contribution in [2.75, 3.05) is 13.7 Å². The SMILES string of the molecule is CCCNC(c1cncc(OC(C)C)c1)C(OC)C(C)C. The van der Waals surface area contributed by atoms with Gasteiger partial charge in [-0.15, -0.1) is 0 Å². The second-order valence-corrected chi connectivity index (χ2v) is 6.00. The van der Waals surface area contributed by atoms with E-state index >= 15 is 0 Å². The molecule has 0 aliphatic heterocycles. The molecule has 1 heterocycles. The first kappa shape index (κ1) is 17.9. The molecule has 0 spiro atoms. The van der Waals surface area contributed by atoms with Crippen LogP contribution in [-0.4, -0.2) is 30.8 Å². The molecule has 1 aromatic heterocycles. The summed E-state index contributed by atoms with van der Waals surface area (Å²) < 4.78 is 11.5. The molecule has 4 heteroatoms. The van der Waals surface area contributed by atoms with Crippen LogP contribution >= 0.6 is 0 Å². The van der Waals surface area contributed by atoms with Crippen molar-refractivity contribution in [2.45, 2.75) is 59.3 Å². The van der Waals surface area contributed by atoms with E-state index in [0.29, 0.717) is 5.92 Å². The maximum absolute atomic E-state index is 5.75. The van der Waals surface area contributed by atoms with E-state index in [1.54, 1.807) is 13.3 Å². The van der Waals surface area contributed by atoms with Gasteiger partial charge in [0.2, 0.25) is 0 Å². The molecule has 2 unspecified atom stereocenters. The van der Waals surface area contributed by atoms with Gasteiger partial charge in [0.15, 0.2) is 0 Å². The molecule has 120 valence electrons. The number of hydrogen-bond acceptors (Lipinski definition) is 4. The molecular weight excluding hydrogens is 264 g/mol. The molecule has 0 saturated heterocycles. The van der Waals surface area contributed by atoms with Crippen LogP contribution in [0.15, 0.2) is 18.5 Å². The molecule has 4 nitrogen and oxygen atoms in total. The fourth-order valence-electron chi connectivity index (χ4n) is 2.46. The molecule has 0 saturated carbocycles. The molecule has 0 amide bonds. The Kier molecular flexibility index (Phi) is 7.68. The lowest BCUT2D eigenvalue weighted by molar-refractivity contribution is 0.0325. The minimum atomic E-state index is 0.104. The largest absolute Gasteiger partial charge is 0.489 e. The quantitative estimate of drug-likeness (QED) is 0.756. The van der Waals surface area contributed by atoms with E-state index in [9.17, 15) is 0 Å². The van der Waals surface area contributed by atoms with Crippen LogP contribution in [0.1, 0.15) is 52.6 Å². The van der Waals surface area contributed by atoms with Gasteiger partial charge in [-0.2, -0.15) is 0 Å². The van der Waals surface area contributed by atoms with Gasteiger partial charge >= 0.3 is 0 Å². The first-order chi connectivity index (χ1) is 9.99. The van der Waals surface area contributed by atoms with E-state index in [2.05, 4.69) is 37.1 Å². The Morgan fingerprint density at radius 3 is 2.43 bits per heavy atom. The van der Waals surface area contributed by atoms with E-state index in [1.807, 2.05) is 20.0 Å². The van der Waals surface area contributed by atoms with Gasteiger partial charge in [0.1, 0.15) is 5.75 Å². The normalized spacial score (nSPS) is 14.5. The van der Waals surface area contributed by atoms with Crippen LogP contribution in [0.25, 0.3) is 0 Å². The molecule has 0 fully saturated rings. The Hall–Kier alpha value is -1.13. The predicted octanol–water partition coefficient (Wildman–Crippen LogP) is 3.58. The number of ether oxygens (including phenoxy) is 2. The van der Waals surface area contributed by atoms with Crippen molar-refractivity contribution >= 4 is 0 Å². The van der Waals surface area contributed by atoms with E-state index in [4.69, 9.17) is 9.47 Å². The summed E-state index contributed by atoms with van der Waals surface area (Å²) in [5.41, 5.74) is 1.11. The molecule has 0 aromatic carbocycles. The van der Waals surface area contributed by atoms with Gasteiger partial charge in [-0.05, 0) is 44.4 Å². The zero-order chi connectivity index (χ0) is 15.8. The van der Waals surface area contributed by atoms with Crippen molar-refractivity contribution in [1.82, 2.24) is 10.3 Å². The summed E-state index contributed by atoms with van der Waals surface area (Å²) in [6, 6.07) is 2.19. The van der Waals surface area contributed by atoms with Crippen LogP contribution in [0.5, 0.6) is 5.75 Å². The number of nitrogens with zero attached hydrogens (tertiary/aromatic N) is 1. The monoisotopic (exact) mass is 294 g/mol. The number of rotatable bonds is 9. The van der Waals surface area contributed by atoms with Crippen LogP contribution in [0, 0.1) is 5.92 Å². The first-order valence-electron chi connectivity index (χ1n) is 7.87. The van der Waals surface area contributed by atoms with Gasteiger partial charge in [0.25, 0.3) is 0 Å². The highest BCUT2D eigenvalue weighted by molar-refractivity contribution is 5.27. The third-order valence-corrected chi connectivity index (χ3v) is 3.34. The molecule has 1 rings (SSSR count). The van der Waals surface area contributed by atoms with Gasteiger partial charge in [-0.25, -0.2) is 0 Å². The number of methoxy groups -OCH3 is 1. The summed E-state index contributed by atoms with van der Waals surface area (Å²) in [5, 5.41) is 3.58. The third-order valence-electron chi connectivity index (χ3n) is 3.34. The summed E-state index contributed by atoms with van der Waals surface area (Å²) in [6.07, 6.45) is 4.99. The van der Waals surface area contributed by atoms with Gasteiger partial charge in [0, 0.05) is 13.3 Å². The van der Waals surface area contributed by atoms with Crippen molar-refractivity contribution in [3.8, 4) is 5.75 Å². The standard InChI is InChI=1S/C17H30N2O2/c1-7-8-19-16(17(20-6)12(2)3)14-9-15(11-18-10-14)21-13(4)5/h9-13,16-17,19H,7-8H2,1-6H3. The Labute approximate surface area is 129 Å². The summed E-state index contributed by atoms with van der Waals surface area (Å²) >= 11 is 0.